The number of hydrogen-bond donors (Lipinski definition) is 5. The lowest BCUT2D eigenvalue weighted by Crippen LogP contribution is -2.52. The molecule has 0 aromatic heterocycles. The molecular weight excluding hydrogens is 595 g/mol. The predicted molar refractivity (Wildman–Crippen MR) is 154 cm³/mol. The fourth-order valence-corrected chi connectivity index (χ4v) is 4.17. The minimum absolute atomic E-state index is 0.0935. The first-order valence-electron chi connectivity index (χ1n) is 14.1. The number of benzene rings is 1. The highest BCUT2D eigenvalue weighted by atomic mass is 16.7. The van der Waals surface area contributed by atoms with Crippen LogP contribution in [-0.2, 0) is 59.0 Å². The highest BCUT2D eigenvalue weighted by Crippen LogP contribution is 2.18. The van der Waals surface area contributed by atoms with Crippen LogP contribution in [0.15, 0.2) is 30.3 Å². The predicted octanol–water partition coefficient (Wildman–Crippen LogP) is -4.80. The average molecular weight is 630 g/mol. The lowest BCUT2D eigenvalue weighted by atomic mass is 10.1. The minimum Gasteiger partial charge on any atom is -0.354 e. The van der Waals surface area contributed by atoms with Gasteiger partial charge in [0.05, 0.1) is 39.4 Å². The second-order valence-corrected chi connectivity index (χ2v) is 10.1. The fourth-order valence-electron chi connectivity index (χ4n) is 4.17. The average Bonchev–Trinajstić information content (AvgIpc) is 3.62. The molecule has 7 amide bonds. The number of rotatable bonds is 17. The number of nitrogens with zero attached hydrogens (tertiary/aromatic N) is 1. The van der Waals surface area contributed by atoms with E-state index in [0.717, 1.165) is 10.5 Å². The Bertz CT molecular complexity index is 1260. The molecule has 17 nitrogen and oxygen atoms in total. The first kappa shape index (κ1) is 34.8. The molecule has 1 aromatic rings. The van der Waals surface area contributed by atoms with Gasteiger partial charge in [0.15, 0.2) is 20.2 Å². The molecule has 5 N–H and O–H groups in total. The summed E-state index contributed by atoms with van der Waals surface area (Å²) in [6.45, 7) is -2.07. The van der Waals surface area contributed by atoms with Crippen LogP contribution in [0.25, 0.3) is 0 Å². The van der Waals surface area contributed by atoms with Crippen molar-refractivity contribution >= 4 is 54.9 Å². The SMILES string of the molecule is BC(=O)COCNC(=O)CNC(=O)[C@H](Cc1ccccc1)NC(=O)CNC(=O)CNC(=O)C1COC(CN2C(=O)CCC2=O)O1. The first-order valence-corrected chi connectivity index (χ1v) is 14.1. The van der Waals surface area contributed by atoms with Gasteiger partial charge in [-0.1, -0.05) is 30.3 Å². The summed E-state index contributed by atoms with van der Waals surface area (Å²) in [7, 11) is 1.33. The maximum absolute atomic E-state index is 12.8. The van der Waals surface area contributed by atoms with Crippen molar-refractivity contribution in [3.05, 3.63) is 35.9 Å². The summed E-state index contributed by atoms with van der Waals surface area (Å²) in [6, 6.07) is 7.72. The Kier molecular flexibility index (Phi) is 13.6. The van der Waals surface area contributed by atoms with E-state index in [-0.39, 0.29) is 63.2 Å². The molecule has 0 bridgehead atoms. The number of amides is 7. The highest BCUT2D eigenvalue weighted by Gasteiger charge is 2.37. The summed E-state index contributed by atoms with van der Waals surface area (Å²) in [6.07, 6.45) is -1.71. The van der Waals surface area contributed by atoms with E-state index < -0.39 is 67.6 Å². The zero-order valence-corrected chi connectivity index (χ0v) is 24.6. The van der Waals surface area contributed by atoms with Crippen LogP contribution in [0.2, 0.25) is 0 Å². The van der Waals surface area contributed by atoms with Crippen molar-refractivity contribution in [2.75, 3.05) is 46.1 Å². The van der Waals surface area contributed by atoms with Gasteiger partial charge in [-0.2, -0.15) is 0 Å². The first-order chi connectivity index (χ1) is 21.5. The highest BCUT2D eigenvalue weighted by molar-refractivity contribution is 6.58. The molecule has 2 heterocycles. The second-order valence-electron chi connectivity index (χ2n) is 10.1. The zero-order valence-electron chi connectivity index (χ0n) is 24.6. The van der Waals surface area contributed by atoms with Gasteiger partial charge in [0.1, 0.15) is 18.5 Å². The van der Waals surface area contributed by atoms with Crippen molar-refractivity contribution in [2.24, 2.45) is 0 Å². The van der Waals surface area contributed by atoms with Crippen LogP contribution in [0.4, 0.5) is 0 Å². The molecule has 2 saturated heterocycles. The molecule has 2 aliphatic heterocycles. The van der Waals surface area contributed by atoms with Crippen molar-refractivity contribution in [1.29, 1.82) is 0 Å². The van der Waals surface area contributed by atoms with Crippen LogP contribution in [0.1, 0.15) is 18.4 Å². The molecule has 0 spiro atoms. The van der Waals surface area contributed by atoms with E-state index in [4.69, 9.17) is 14.2 Å². The normalized spacial score (nSPS) is 18.2. The largest absolute Gasteiger partial charge is 0.354 e. The lowest BCUT2D eigenvalue weighted by Gasteiger charge is -2.19. The number of carbonyl (C=O) groups excluding carboxylic acids is 8. The Morgan fingerprint density at radius 3 is 2.22 bits per heavy atom. The summed E-state index contributed by atoms with van der Waals surface area (Å²) < 4.78 is 15.7. The maximum Gasteiger partial charge on any atom is 0.252 e. The number of carbonyl (C=O) groups is 8. The van der Waals surface area contributed by atoms with E-state index in [2.05, 4.69) is 26.6 Å². The van der Waals surface area contributed by atoms with Crippen molar-refractivity contribution < 1.29 is 52.6 Å². The Morgan fingerprint density at radius 1 is 0.889 bits per heavy atom. The molecule has 242 valence electrons. The standard InChI is InChI=1S/C27H35BN6O11/c28-19(35)14-43-15-32-21(37)10-30-26(41)17(8-16-4-2-1-3-5-16)33-22(38)11-29-20(36)9-31-27(42)18-13-44-25(45-18)12-34-23(39)6-7-24(34)40/h1-5,17-18,25H,6-15,28H2,(H,29,36)(H,30,41)(H,31,42)(H,32,37)(H,33,38)/t17-,18?,25?/m0/s1. The third-order valence-corrected chi connectivity index (χ3v) is 6.43. The molecule has 45 heavy (non-hydrogen) atoms. The Hall–Kier alpha value is -4.68. The summed E-state index contributed by atoms with van der Waals surface area (Å²) in [4.78, 5) is 97.4. The van der Waals surface area contributed by atoms with Crippen molar-refractivity contribution in [1.82, 2.24) is 31.5 Å². The van der Waals surface area contributed by atoms with Gasteiger partial charge in [-0.15, -0.1) is 0 Å². The Balaban J connectivity index is 1.39. The summed E-state index contributed by atoms with van der Waals surface area (Å²) in [5.41, 5.74) is 0.514. The van der Waals surface area contributed by atoms with Gasteiger partial charge in [0, 0.05) is 19.3 Å². The lowest BCUT2D eigenvalue weighted by molar-refractivity contribution is -0.147. The van der Waals surface area contributed by atoms with Gasteiger partial charge < -0.3 is 45.6 Å². The van der Waals surface area contributed by atoms with Gasteiger partial charge >= 0.3 is 0 Å². The second kappa shape index (κ2) is 17.6. The summed E-state index contributed by atoms with van der Waals surface area (Å²) >= 11 is 0. The van der Waals surface area contributed by atoms with Gasteiger partial charge in [0.2, 0.25) is 35.4 Å². The van der Waals surface area contributed by atoms with E-state index in [1.54, 1.807) is 30.3 Å². The Labute approximate surface area is 258 Å². The summed E-state index contributed by atoms with van der Waals surface area (Å²) in [5, 5.41) is 12.0. The van der Waals surface area contributed by atoms with Gasteiger partial charge in [0.25, 0.3) is 5.91 Å². The molecule has 0 radical (unpaired) electrons. The molecule has 2 aliphatic rings. The molecule has 2 fully saturated rings. The molecule has 3 atom stereocenters. The molecule has 0 aliphatic carbocycles. The van der Waals surface area contributed by atoms with Crippen LogP contribution in [0, 0.1) is 0 Å². The topological polar surface area (TPSA) is 228 Å². The van der Waals surface area contributed by atoms with Crippen LogP contribution < -0.4 is 26.6 Å². The number of likely N-dealkylation sites (tertiary alicyclic amines) is 1. The van der Waals surface area contributed by atoms with Crippen LogP contribution in [0.5, 0.6) is 0 Å². The smallest absolute Gasteiger partial charge is 0.252 e. The van der Waals surface area contributed by atoms with E-state index in [1.165, 1.54) is 7.85 Å². The molecule has 1 aromatic carbocycles. The minimum atomic E-state index is -1.09. The number of ether oxygens (including phenoxy) is 3. The zero-order chi connectivity index (χ0) is 32.8. The quantitative estimate of drug-likeness (QED) is 0.0475. The van der Waals surface area contributed by atoms with E-state index in [9.17, 15) is 38.4 Å². The molecule has 0 saturated carbocycles. The van der Waals surface area contributed by atoms with E-state index >= 15 is 0 Å². The van der Waals surface area contributed by atoms with Gasteiger partial charge in [-0.05, 0) is 5.56 Å². The number of imide groups is 1. The van der Waals surface area contributed by atoms with Crippen LogP contribution in [-0.4, -0.2) is 124 Å². The summed E-state index contributed by atoms with van der Waals surface area (Å²) in [5.74, 6) is -3.97. The molecule has 3 rings (SSSR count). The maximum atomic E-state index is 12.8. The van der Waals surface area contributed by atoms with E-state index in [0.29, 0.717) is 0 Å². The van der Waals surface area contributed by atoms with Crippen LogP contribution in [0.3, 0.4) is 0 Å². The van der Waals surface area contributed by atoms with Gasteiger partial charge in [-0.3, -0.25) is 38.5 Å². The van der Waals surface area contributed by atoms with Crippen molar-refractivity contribution in [3.8, 4) is 0 Å². The third kappa shape index (κ3) is 12.1. The number of hydrogen-bond acceptors (Lipinski definition) is 11. The van der Waals surface area contributed by atoms with Gasteiger partial charge in [-0.25, -0.2) is 0 Å². The van der Waals surface area contributed by atoms with E-state index in [1.807, 2.05) is 0 Å². The van der Waals surface area contributed by atoms with Crippen molar-refractivity contribution in [3.63, 3.8) is 0 Å². The Morgan fingerprint density at radius 2 is 1.53 bits per heavy atom. The monoisotopic (exact) mass is 630 g/mol. The molecule has 2 unspecified atom stereocenters. The van der Waals surface area contributed by atoms with Crippen molar-refractivity contribution in [2.45, 2.75) is 37.7 Å². The molecular formula is C27H35BN6O11. The molecule has 18 heteroatoms. The van der Waals surface area contributed by atoms with Crippen LogP contribution >= 0.6 is 0 Å². The fraction of sp³-hybridized carbons (Fsp3) is 0.481. The third-order valence-electron chi connectivity index (χ3n) is 6.43. The number of nitrogens with one attached hydrogen (secondary N) is 5.